The van der Waals surface area contributed by atoms with Crippen molar-refractivity contribution in [1.29, 1.82) is 0 Å². The second kappa shape index (κ2) is 4.90. The fourth-order valence-corrected chi connectivity index (χ4v) is 3.17. The van der Waals surface area contributed by atoms with Crippen LogP contribution >= 0.6 is 11.3 Å². The topological polar surface area (TPSA) is 55.0 Å². The van der Waals surface area contributed by atoms with Crippen LogP contribution in [-0.4, -0.2) is 28.2 Å². The highest BCUT2D eigenvalue weighted by Gasteiger charge is 2.28. The van der Waals surface area contributed by atoms with Crippen molar-refractivity contribution >= 4 is 16.5 Å². The zero-order valence-electron chi connectivity index (χ0n) is 10.9. The molecule has 0 amide bonds. The lowest BCUT2D eigenvalue weighted by Crippen LogP contribution is -2.36. The molecule has 2 N–H and O–H groups in total. The summed E-state index contributed by atoms with van der Waals surface area (Å²) in [5.74, 6) is 0. The first-order valence-electron chi connectivity index (χ1n) is 6.24. The first kappa shape index (κ1) is 12.8. The summed E-state index contributed by atoms with van der Waals surface area (Å²) in [4.78, 5) is 2.40. The minimum Gasteiger partial charge on any atom is -0.374 e. The van der Waals surface area contributed by atoms with Gasteiger partial charge in [-0.1, -0.05) is 25.2 Å². The highest BCUT2D eigenvalue weighted by Crippen LogP contribution is 2.36. The molecule has 1 fully saturated rings. The van der Waals surface area contributed by atoms with E-state index in [-0.39, 0.29) is 0 Å². The Kier molecular flexibility index (Phi) is 3.68. The van der Waals surface area contributed by atoms with Crippen LogP contribution in [0.15, 0.2) is 0 Å². The van der Waals surface area contributed by atoms with Crippen molar-refractivity contribution in [2.24, 2.45) is 5.41 Å². The summed E-state index contributed by atoms with van der Waals surface area (Å²) in [6.45, 7) is 5.61. The largest absolute Gasteiger partial charge is 0.374 e. The highest BCUT2D eigenvalue weighted by molar-refractivity contribution is 7.15. The monoisotopic (exact) mass is 254 g/mol. The second-order valence-electron chi connectivity index (χ2n) is 5.84. The van der Waals surface area contributed by atoms with Crippen molar-refractivity contribution in [3.05, 3.63) is 5.01 Å². The molecule has 0 spiro atoms. The van der Waals surface area contributed by atoms with Crippen LogP contribution in [0.1, 0.15) is 44.5 Å². The quantitative estimate of drug-likeness (QED) is 0.900. The Morgan fingerprint density at radius 1 is 1.35 bits per heavy atom. The fraction of sp³-hybridized carbons (Fsp3) is 0.833. The average Bonchev–Trinajstić information content (AvgIpc) is 2.63. The first-order chi connectivity index (χ1) is 7.96. The number of rotatable bonds is 3. The van der Waals surface area contributed by atoms with E-state index >= 15 is 0 Å². The molecular formula is C12H22N4S. The fourth-order valence-electron chi connectivity index (χ4n) is 2.50. The van der Waals surface area contributed by atoms with Gasteiger partial charge in [0.05, 0.1) is 6.54 Å². The van der Waals surface area contributed by atoms with Crippen LogP contribution in [0.3, 0.4) is 0 Å². The summed E-state index contributed by atoms with van der Waals surface area (Å²) in [5.41, 5.74) is 6.13. The molecule has 1 aliphatic rings. The first-order valence-corrected chi connectivity index (χ1v) is 7.06. The van der Waals surface area contributed by atoms with Crippen molar-refractivity contribution in [3.8, 4) is 0 Å². The molecule has 0 bridgehead atoms. The lowest BCUT2D eigenvalue weighted by Gasteiger charge is -2.38. The zero-order chi connectivity index (χ0) is 12.5. The molecule has 0 aromatic carbocycles. The summed E-state index contributed by atoms with van der Waals surface area (Å²) in [6.07, 6.45) is 5.22. The smallest absolute Gasteiger partial charge is 0.203 e. The Hall–Kier alpha value is -0.680. The minimum absolute atomic E-state index is 0.532. The molecule has 1 aromatic rings. The van der Waals surface area contributed by atoms with Gasteiger partial charge in [-0.2, -0.15) is 0 Å². The van der Waals surface area contributed by atoms with Gasteiger partial charge >= 0.3 is 0 Å². The lowest BCUT2D eigenvalue weighted by atomic mass is 9.75. The SMILES string of the molecule is CN(Cc1nnc(N)s1)C1CCC(C)(C)CC1. The van der Waals surface area contributed by atoms with Crippen LogP contribution in [0.2, 0.25) is 0 Å². The van der Waals surface area contributed by atoms with Gasteiger partial charge in [-0.25, -0.2) is 0 Å². The second-order valence-corrected chi connectivity index (χ2v) is 6.94. The molecular weight excluding hydrogens is 232 g/mol. The molecule has 4 nitrogen and oxygen atoms in total. The van der Waals surface area contributed by atoms with Gasteiger partial charge in [0.2, 0.25) is 5.13 Å². The van der Waals surface area contributed by atoms with E-state index in [0.29, 0.717) is 16.6 Å². The standard InChI is InChI=1S/C12H22N4S/c1-12(2)6-4-9(5-7-12)16(3)8-10-14-15-11(13)17-10/h9H,4-8H2,1-3H3,(H2,13,15). The van der Waals surface area contributed by atoms with Crippen molar-refractivity contribution in [2.75, 3.05) is 12.8 Å². The highest BCUT2D eigenvalue weighted by atomic mass is 32.1. The Bertz CT molecular complexity index is 364. The summed E-state index contributed by atoms with van der Waals surface area (Å²) >= 11 is 1.49. The molecule has 0 aliphatic heterocycles. The number of nitrogens with two attached hydrogens (primary N) is 1. The van der Waals surface area contributed by atoms with E-state index in [2.05, 4.69) is 36.0 Å². The van der Waals surface area contributed by atoms with E-state index in [1.807, 2.05) is 0 Å². The van der Waals surface area contributed by atoms with E-state index in [4.69, 9.17) is 5.73 Å². The van der Waals surface area contributed by atoms with Crippen LogP contribution in [0.4, 0.5) is 5.13 Å². The lowest BCUT2D eigenvalue weighted by molar-refractivity contribution is 0.123. The van der Waals surface area contributed by atoms with Crippen molar-refractivity contribution in [3.63, 3.8) is 0 Å². The molecule has 1 aromatic heterocycles. The molecule has 1 aliphatic carbocycles. The van der Waals surface area contributed by atoms with Crippen LogP contribution in [-0.2, 0) is 6.54 Å². The molecule has 5 heteroatoms. The van der Waals surface area contributed by atoms with Crippen LogP contribution in [0.5, 0.6) is 0 Å². The van der Waals surface area contributed by atoms with E-state index in [0.717, 1.165) is 11.6 Å². The molecule has 17 heavy (non-hydrogen) atoms. The molecule has 0 saturated heterocycles. The average molecular weight is 254 g/mol. The number of anilines is 1. The van der Waals surface area contributed by atoms with Crippen LogP contribution in [0, 0.1) is 5.41 Å². The van der Waals surface area contributed by atoms with Gasteiger partial charge in [-0.05, 0) is 38.1 Å². The van der Waals surface area contributed by atoms with E-state index in [9.17, 15) is 0 Å². The van der Waals surface area contributed by atoms with E-state index < -0.39 is 0 Å². The maximum atomic E-state index is 5.59. The maximum absolute atomic E-state index is 5.59. The Labute approximate surface area is 107 Å². The van der Waals surface area contributed by atoms with Crippen LogP contribution < -0.4 is 5.73 Å². The molecule has 1 saturated carbocycles. The Morgan fingerprint density at radius 3 is 2.53 bits per heavy atom. The number of aromatic nitrogens is 2. The number of nitrogen functional groups attached to an aromatic ring is 1. The normalized spacial score (nSPS) is 20.9. The van der Waals surface area contributed by atoms with Crippen LogP contribution in [0.25, 0.3) is 0 Å². The molecule has 1 heterocycles. The van der Waals surface area contributed by atoms with E-state index in [1.165, 1.54) is 37.0 Å². The van der Waals surface area contributed by atoms with Crippen molar-refractivity contribution in [1.82, 2.24) is 15.1 Å². The van der Waals surface area contributed by atoms with Gasteiger partial charge < -0.3 is 5.73 Å². The predicted octanol–water partition coefficient (Wildman–Crippen LogP) is 2.52. The van der Waals surface area contributed by atoms with E-state index in [1.54, 1.807) is 0 Å². The summed E-state index contributed by atoms with van der Waals surface area (Å²) in [5, 5.41) is 9.53. The Balaban J connectivity index is 1.87. The van der Waals surface area contributed by atoms with Gasteiger partial charge in [-0.3, -0.25) is 4.90 Å². The molecule has 0 unspecified atom stereocenters. The molecule has 0 radical (unpaired) electrons. The van der Waals surface area contributed by atoms with Gasteiger partial charge in [0, 0.05) is 6.04 Å². The maximum Gasteiger partial charge on any atom is 0.203 e. The van der Waals surface area contributed by atoms with Gasteiger partial charge in [-0.15, -0.1) is 10.2 Å². The third-order valence-electron chi connectivity index (χ3n) is 3.80. The van der Waals surface area contributed by atoms with Crippen molar-refractivity contribution in [2.45, 2.75) is 52.1 Å². The Morgan fingerprint density at radius 2 is 2.00 bits per heavy atom. The minimum atomic E-state index is 0.532. The summed E-state index contributed by atoms with van der Waals surface area (Å²) in [7, 11) is 2.18. The predicted molar refractivity (Wildman–Crippen MR) is 71.8 cm³/mol. The van der Waals surface area contributed by atoms with Gasteiger partial charge in [0.1, 0.15) is 5.01 Å². The molecule has 2 rings (SSSR count). The number of hydrogen-bond acceptors (Lipinski definition) is 5. The van der Waals surface area contributed by atoms with Gasteiger partial charge in [0.25, 0.3) is 0 Å². The number of hydrogen-bond donors (Lipinski definition) is 1. The molecule has 0 atom stereocenters. The number of nitrogens with zero attached hydrogens (tertiary/aromatic N) is 3. The summed E-state index contributed by atoms with van der Waals surface area (Å²) < 4.78 is 0. The third kappa shape index (κ3) is 3.39. The van der Waals surface area contributed by atoms with Gasteiger partial charge in [0.15, 0.2) is 0 Å². The van der Waals surface area contributed by atoms with Crippen molar-refractivity contribution < 1.29 is 0 Å². The third-order valence-corrected chi connectivity index (χ3v) is 4.54. The summed E-state index contributed by atoms with van der Waals surface area (Å²) in [6, 6.07) is 0.688. The molecule has 96 valence electrons. The zero-order valence-corrected chi connectivity index (χ0v) is 11.8.